The van der Waals surface area contributed by atoms with E-state index in [0.717, 1.165) is 18.0 Å². The van der Waals surface area contributed by atoms with E-state index < -0.39 is 5.97 Å². The topological polar surface area (TPSA) is 40.5 Å². The molecule has 0 radical (unpaired) electrons. The lowest BCUT2D eigenvalue weighted by molar-refractivity contribution is -0.131. The van der Waals surface area contributed by atoms with Crippen molar-refractivity contribution in [2.75, 3.05) is 7.05 Å². The molecule has 1 N–H and O–H groups in total. The van der Waals surface area contributed by atoms with Crippen LogP contribution in [-0.4, -0.2) is 29.1 Å². The molecule has 1 aliphatic carbocycles. The van der Waals surface area contributed by atoms with Crippen LogP contribution in [-0.2, 0) is 11.3 Å². The summed E-state index contributed by atoms with van der Waals surface area (Å²) in [5.74, 6) is -0.0789. The third-order valence-electron chi connectivity index (χ3n) is 4.33. The Morgan fingerprint density at radius 2 is 2.24 bits per heavy atom. The van der Waals surface area contributed by atoms with Gasteiger partial charge in [0.1, 0.15) is 0 Å². The smallest absolute Gasteiger partial charge is 0.328 e. The van der Waals surface area contributed by atoms with E-state index in [4.69, 9.17) is 5.11 Å². The van der Waals surface area contributed by atoms with Crippen molar-refractivity contribution in [3.8, 4) is 0 Å². The Morgan fingerprint density at radius 3 is 2.95 bits per heavy atom. The van der Waals surface area contributed by atoms with Crippen LogP contribution in [0.4, 0.5) is 0 Å². The van der Waals surface area contributed by atoms with E-state index >= 15 is 0 Å². The first-order valence-electron chi connectivity index (χ1n) is 7.75. The minimum absolute atomic E-state index is 0.673. The fraction of sp³-hybridized carbons (Fsp3) is 0.500. The van der Waals surface area contributed by atoms with Crippen molar-refractivity contribution < 1.29 is 9.90 Å². The Balaban J connectivity index is 1.98. The van der Waals surface area contributed by atoms with Crippen LogP contribution in [0.2, 0.25) is 0 Å². The second-order valence-electron chi connectivity index (χ2n) is 6.26. The number of benzene rings is 1. The molecule has 0 aliphatic heterocycles. The fourth-order valence-electron chi connectivity index (χ4n) is 3.18. The zero-order valence-electron chi connectivity index (χ0n) is 13.0. The number of hydrogen-bond acceptors (Lipinski definition) is 2. The van der Waals surface area contributed by atoms with E-state index in [2.05, 4.69) is 31.0 Å². The lowest BCUT2D eigenvalue weighted by Gasteiger charge is -2.34. The van der Waals surface area contributed by atoms with E-state index in [1.165, 1.54) is 37.3 Å². The summed E-state index contributed by atoms with van der Waals surface area (Å²) in [6.07, 6.45) is 8.10. The zero-order chi connectivity index (χ0) is 15.2. The van der Waals surface area contributed by atoms with Crippen molar-refractivity contribution in [1.82, 2.24) is 4.90 Å². The van der Waals surface area contributed by atoms with Crippen molar-refractivity contribution in [1.29, 1.82) is 0 Å². The highest BCUT2D eigenvalue weighted by atomic mass is 16.4. The Hall–Kier alpha value is -1.61. The highest BCUT2D eigenvalue weighted by Crippen LogP contribution is 2.27. The number of carboxylic acid groups (broad SMARTS) is 1. The average Bonchev–Trinajstić information content (AvgIpc) is 2.45. The van der Waals surface area contributed by atoms with Gasteiger partial charge in [-0.1, -0.05) is 44.0 Å². The molecule has 1 aromatic carbocycles. The third kappa shape index (κ3) is 5.01. The summed E-state index contributed by atoms with van der Waals surface area (Å²) in [6, 6.07) is 8.79. The molecule has 1 aliphatic rings. The van der Waals surface area contributed by atoms with Crippen molar-refractivity contribution >= 4 is 12.0 Å². The van der Waals surface area contributed by atoms with Crippen molar-refractivity contribution in [3.05, 3.63) is 41.5 Å². The zero-order valence-corrected chi connectivity index (χ0v) is 13.0. The Kier molecular flexibility index (Phi) is 5.57. The van der Waals surface area contributed by atoms with E-state index in [1.807, 2.05) is 12.1 Å². The maximum atomic E-state index is 10.6. The Morgan fingerprint density at radius 1 is 1.43 bits per heavy atom. The molecular formula is C18H25NO2. The van der Waals surface area contributed by atoms with Gasteiger partial charge in [0.15, 0.2) is 0 Å². The molecule has 1 fully saturated rings. The van der Waals surface area contributed by atoms with Gasteiger partial charge in [-0.15, -0.1) is 0 Å². The standard InChI is InChI=1S/C18H25NO2/c1-14-5-3-8-17(11-14)19(2)13-16-7-4-6-15(12-16)9-10-18(20)21/h4,6-7,9-10,12,14,17H,3,5,8,11,13H2,1-2H3,(H,20,21). The van der Waals surface area contributed by atoms with Gasteiger partial charge < -0.3 is 5.11 Å². The molecule has 1 aromatic rings. The van der Waals surface area contributed by atoms with E-state index in [0.29, 0.717) is 6.04 Å². The Bertz CT molecular complexity index is 510. The summed E-state index contributed by atoms with van der Waals surface area (Å²) in [5.41, 5.74) is 2.18. The first-order valence-corrected chi connectivity index (χ1v) is 7.75. The van der Waals surface area contributed by atoms with Crippen LogP contribution in [0, 0.1) is 5.92 Å². The molecule has 0 spiro atoms. The van der Waals surface area contributed by atoms with Gasteiger partial charge in [0.05, 0.1) is 0 Å². The monoisotopic (exact) mass is 287 g/mol. The average molecular weight is 287 g/mol. The number of rotatable bonds is 5. The predicted octanol–water partition coefficient (Wildman–Crippen LogP) is 3.79. The van der Waals surface area contributed by atoms with E-state index in [1.54, 1.807) is 6.08 Å². The predicted molar refractivity (Wildman–Crippen MR) is 86.0 cm³/mol. The molecule has 2 unspecified atom stereocenters. The first-order chi connectivity index (χ1) is 10.0. The number of carbonyl (C=O) groups is 1. The quantitative estimate of drug-likeness (QED) is 0.838. The highest BCUT2D eigenvalue weighted by molar-refractivity contribution is 5.85. The van der Waals surface area contributed by atoms with Crippen molar-refractivity contribution in [2.45, 2.75) is 45.2 Å². The van der Waals surface area contributed by atoms with Gasteiger partial charge in [-0.05, 0) is 43.0 Å². The molecule has 1 saturated carbocycles. The van der Waals surface area contributed by atoms with Crippen LogP contribution in [0.25, 0.3) is 6.08 Å². The van der Waals surface area contributed by atoms with Crippen molar-refractivity contribution in [2.24, 2.45) is 5.92 Å². The van der Waals surface area contributed by atoms with Gasteiger partial charge in [-0.2, -0.15) is 0 Å². The third-order valence-corrected chi connectivity index (χ3v) is 4.33. The molecule has 2 rings (SSSR count). The van der Waals surface area contributed by atoms with Crippen molar-refractivity contribution in [3.63, 3.8) is 0 Å². The first kappa shape index (κ1) is 15.8. The number of aliphatic carboxylic acids is 1. The largest absolute Gasteiger partial charge is 0.478 e. The summed E-state index contributed by atoms with van der Waals surface area (Å²) in [7, 11) is 2.20. The highest BCUT2D eigenvalue weighted by Gasteiger charge is 2.22. The van der Waals surface area contributed by atoms with Crippen LogP contribution < -0.4 is 0 Å². The second-order valence-corrected chi connectivity index (χ2v) is 6.26. The van der Waals surface area contributed by atoms with Gasteiger partial charge >= 0.3 is 5.97 Å². The van der Waals surface area contributed by atoms with Gasteiger partial charge in [-0.3, -0.25) is 4.90 Å². The molecule has 0 aromatic heterocycles. The van der Waals surface area contributed by atoms with Crippen LogP contribution in [0.15, 0.2) is 30.3 Å². The van der Waals surface area contributed by atoms with Gasteiger partial charge in [0.25, 0.3) is 0 Å². The van der Waals surface area contributed by atoms with Crippen LogP contribution in [0.1, 0.15) is 43.7 Å². The van der Waals surface area contributed by atoms with Gasteiger partial charge in [0, 0.05) is 18.7 Å². The maximum Gasteiger partial charge on any atom is 0.328 e. The summed E-state index contributed by atoms with van der Waals surface area (Å²) in [5, 5.41) is 8.69. The van der Waals surface area contributed by atoms with E-state index in [9.17, 15) is 4.79 Å². The lowest BCUT2D eigenvalue weighted by Crippen LogP contribution is -2.35. The molecule has 114 valence electrons. The van der Waals surface area contributed by atoms with Crippen LogP contribution >= 0.6 is 0 Å². The lowest BCUT2D eigenvalue weighted by atomic mass is 9.86. The number of carboxylic acids is 1. The SMILES string of the molecule is CC1CCCC(N(C)Cc2cccc(C=CC(=O)O)c2)C1. The molecular weight excluding hydrogens is 262 g/mol. The van der Waals surface area contributed by atoms with Crippen LogP contribution in [0.3, 0.4) is 0 Å². The summed E-state index contributed by atoms with van der Waals surface area (Å²) in [6.45, 7) is 3.27. The molecule has 0 amide bonds. The normalized spacial score (nSPS) is 22.8. The summed E-state index contributed by atoms with van der Waals surface area (Å²) < 4.78 is 0. The number of hydrogen-bond donors (Lipinski definition) is 1. The van der Waals surface area contributed by atoms with Gasteiger partial charge in [0.2, 0.25) is 0 Å². The van der Waals surface area contributed by atoms with E-state index in [-0.39, 0.29) is 0 Å². The molecule has 3 nitrogen and oxygen atoms in total. The fourth-order valence-corrected chi connectivity index (χ4v) is 3.18. The van der Waals surface area contributed by atoms with Gasteiger partial charge in [-0.25, -0.2) is 4.79 Å². The molecule has 3 heteroatoms. The van der Waals surface area contributed by atoms with Crippen LogP contribution in [0.5, 0.6) is 0 Å². The molecule has 0 heterocycles. The molecule has 0 bridgehead atoms. The second kappa shape index (κ2) is 7.41. The molecule has 2 atom stereocenters. The summed E-state index contributed by atoms with van der Waals surface area (Å²) in [4.78, 5) is 13.0. The summed E-state index contributed by atoms with van der Waals surface area (Å²) >= 11 is 0. The Labute approximate surface area is 127 Å². The molecule has 0 saturated heterocycles. The number of nitrogens with zero attached hydrogens (tertiary/aromatic N) is 1. The maximum absolute atomic E-state index is 10.6. The minimum atomic E-state index is -0.909. The molecule has 21 heavy (non-hydrogen) atoms. The minimum Gasteiger partial charge on any atom is -0.478 e.